The van der Waals surface area contributed by atoms with Crippen molar-refractivity contribution in [3.8, 4) is 17.6 Å². The van der Waals surface area contributed by atoms with Gasteiger partial charge in [-0.2, -0.15) is 0 Å². The van der Waals surface area contributed by atoms with Crippen molar-refractivity contribution >= 4 is 0 Å². The molecule has 0 aliphatic heterocycles. The highest BCUT2D eigenvalue weighted by Gasteiger charge is 2.17. The molecule has 0 radical (unpaired) electrons. The molecule has 78 valence electrons. The van der Waals surface area contributed by atoms with E-state index in [0.29, 0.717) is 5.56 Å². The van der Waals surface area contributed by atoms with E-state index < -0.39 is 16.6 Å². The molecule has 0 amide bonds. The average molecular weight is 213 g/mol. The second-order valence-electron chi connectivity index (χ2n) is 3.32. The van der Waals surface area contributed by atoms with Gasteiger partial charge in [0, 0.05) is 17.5 Å². The van der Waals surface area contributed by atoms with Gasteiger partial charge in [-0.05, 0) is 19.1 Å². The highest BCUT2D eigenvalue weighted by atomic mass is 16.3. The average Bonchev–Trinajstić information content (AvgIpc) is 2.28. The van der Waals surface area contributed by atoms with Gasteiger partial charge < -0.3 is 5.11 Å². The Bertz CT molecular complexity index is 682. The van der Waals surface area contributed by atoms with Crippen LogP contribution in [0.1, 0.15) is 16.8 Å². The zero-order valence-electron chi connectivity index (χ0n) is 8.44. The van der Waals surface area contributed by atoms with Gasteiger partial charge in [-0.15, -0.1) is 0 Å². The lowest BCUT2D eigenvalue weighted by Gasteiger charge is -1.96. The van der Waals surface area contributed by atoms with Crippen molar-refractivity contribution in [1.82, 2.24) is 4.98 Å². The normalized spacial score (nSPS) is 9.81. The van der Waals surface area contributed by atoms with Crippen molar-refractivity contribution in [3.63, 3.8) is 0 Å². The van der Waals surface area contributed by atoms with Crippen LogP contribution < -0.4 is 10.9 Å². The molecule has 2 rings (SSSR count). The van der Waals surface area contributed by atoms with E-state index in [1.54, 1.807) is 18.3 Å². The van der Waals surface area contributed by atoms with Gasteiger partial charge in [0.15, 0.2) is 5.75 Å². The van der Waals surface area contributed by atoms with Crippen molar-refractivity contribution in [2.75, 3.05) is 0 Å². The topological polar surface area (TPSA) is 67.3 Å². The third-order valence-corrected chi connectivity index (χ3v) is 2.11. The van der Waals surface area contributed by atoms with E-state index in [1.807, 2.05) is 6.92 Å². The summed E-state index contributed by atoms with van der Waals surface area (Å²) in [5.74, 6) is 4.62. The maximum absolute atomic E-state index is 11.0. The van der Waals surface area contributed by atoms with Gasteiger partial charge in [-0.1, -0.05) is 11.8 Å². The molecule has 0 aliphatic rings. The SMILES string of the molecule is Cc1cc(C#Cc2c(O)c(=O)c2=O)ccn1. The van der Waals surface area contributed by atoms with Gasteiger partial charge >= 0.3 is 0 Å². The van der Waals surface area contributed by atoms with E-state index in [0.717, 1.165) is 5.69 Å². The molecular formula is C12H7NO3. The summed E-state index contributed by atoms with van der Waals surface area (Å²) in [6.07, 6.45) is 1.60. The quantitative estimate of drug-likeness (QED) is 0.497. The monoisotopic (exact) mass is 213 g/mol. The Morgan fingerprint density at radius 2 is 2.00 bits per heavy atom. The van der Waals surface area contributed by atoms with Gasteiger partial charge in [0.2, 0.25) is 5.43 Å². The molecule has 0 aliphatic carbocycles. The lowest BCUT2D eigenvalue weighted by atomic mass is 10.1. The summed E-state index contributed by atoms with van der Waals surface area (Å²) >= 11 is 0. The largest absolute Gasteiger partial charge is 0.503 e. The van der Waals surface area contributed by atoms with Crippen LogP contribution in [0, 0.1) is 18.8 Å². The molecule has 2 aromatic rings. The van der Waals surface area contributed by atoms with Crippen LogP contribution in [0.15, 0.2) is 27.9 Å². The Balaban J connectivity index is 2.37. The molecule has 1 aromatic carbocycles. The van der Waals surface area contributed by atoms with Crippen molar-refractivity contribution in [2.45, 2.75) is 6.92 Å². The van der Waals surface area contributed by atoms with Crippen LogP contribution in [0.3, 0.4) is 0 Å². The number of rotatable bonds is 0. The Morgan fingerprint density at radius 1 is 1.25 bits per heavy atom. The van der Waals surface area contributed by atoms with Crippen molar-refractivity contribution in [1.29, 1.82) is 0 Å². The molecule has 0 saturated carbocycles. The van der Waals surface area contributed by atoms with Crippen molar-refractivity contribution in [3.05, 3.63) is 55.6 Å². The first-order chi connectivity index (χ1) is 7.59. The fraction of sp³-hybridized carbons (Fsp3) is 0.0833. The number of nitrogens with zero attached hydrogens (tertiary/aromatic N) is 1. The highest BCUT2D eigenvalue weighted by Crippen LogP contribution is 2.06. The summed E-state index contributed by atoms with van der Waals surface area (Å²) in [5.41, 5.74) is -0.216. The Hall–Kier alpha value is -2.41. The fourth-order valence-corrected chi connectivity index (χ4v) is 1.25. The minimum Gasteiger partial charge on any atom is -0.503 e. The number of hydrogen-bond acceptors (Lipinski definition) is 4. The molecule has 0 saturated heterocycles. The number of hydrogen-bond donors (Lipinski definition) is 1. The van der Waals surface area contributed by atoms with Gasteiger partial charge in [0.25, 0.3) is 5.43 Å². The summed E-state index contributed by atoms with van der Waals surface area (Å²) in [5, 5.41) is 9.07. The molecule has 0 fully saturated rings. The van der Waals surface area contributed by atoms with E-state index >= 15 is 0 Å². The van der Waals surface area contributed by atoms with Crippen LogP contribution in [-0.2, 0) is 0 Å². The summed E-state index contributed by atoms with van der Waals surface area (Å²) in [6.45, 7) is 1.82. The first kappa shape index (κ1) is 10.1. The predicted molar refractivity (Wildman–Crippen MR) is 58.0 cm³/mol. The first-order valence-electron chi connectivity index (χ1n) is 4.56. The van der Waals surface area contributed by atoms with E-state index in [-0.39, 0.29) is 5.56 Å². The van der Waals surface area contributed by atoms with E-state index in [9.17, 15) is 9.59 Å². The van der Waals surface area contributed by atoms with Crippen LogP contribution in [0.2, 0.25) is 0 Å². The Kier molecular flexibility index (Phi) is 2.29. The molecular weight excluding hydrogens is 206 g/mol. The molecule has 0 atom stereocenters. The molecule has 1 N–H and O–H groups in total. The molecule has 4 nitrogen and oxygen atoms in total. The molecule has 1 heterocycles. The second-order valence-corrected chi connectivity index (χ2v) is 3.32. The van der Waals surface area contributed by atoms with Crippen LogP contribution in [0.4, 0.5) is 0 Å². The molecule has 0 spiro atoms. The number of aromatic nitrogens is 1. The third kappa shape index (κ3) is 1.59. The lowest BCUT2D eigenvalue weighted by Crippen LogP contribution is -2.32. The summed E-state index contributed by atoms with van der Waals surface area (Å²) in [4.78, 5) is 25.7. The fourth-order valence-electron chi connectivity index (χ4n) is 1.25. The van der Waals surface area contributed by atoms with Crippen molar-refractivity contribution < 1.29 is 5.11 Å². The number of pyridine rings is 1. The van der Waals surface area contributed by atoms with E-state index in [2.05, 4.69) is 16.8 Å². The Labute approximate surface area is 90.9 Å². The zero-order valence-corrected chi connectivity index (χ0v) is 8.44. The minimum atomic E-state index is -0.866. The predicted octanol–water partition coefficient (Wildman–Crippen LogP) is 0.0914. The van der Waals surface area contributed by atoms with Gasteiger partial charge in [0.05, 0.1) is 0 Å². The molecule has 0 unspecified atom stereocenters. The van der Waals surface area contributed by atoms with E-state index in [4.69, 9.17) is 5.11 Å². The molecule has 16 heavy (non-hydrogen) atoms. The zero-order chi connectivity index (χ0) is 11.7. The smallest absolute Gasteiger partial charge is 0.270 e. The standard InChI is InChI=1S/C12H7NO3/c1-7-6-8(4-5-13-7)2-3-9-10(14)12(16)11(9)15/h4-6,14H,1H3. The second kappa shape index (κ2) is 3.63. The Morgan fingerprint density at radius 3 is 2.62 bits per heavy atom. The molecule has 1 aromatic heterocycles. The van der Waals surface area contributed by atoms with Crippen LogP contribution >= 0.6 is 0 Å². The summed E-state index contributed by atoms with van der Waals surface area (Å²) in [6, 6.07) is 3.43. The van der Waals surface area contributed by atoms with Gasteiger partial charge in [0.1, 0.15) is 5.56 Å². The van der Waals surface area contributed by atoms with Crippen LogP contribution in [-0.4, -0.2) is 10.1 Å². The van der Waals surface area contributed by atoms with Crippen LogP contribution in [0.5, 0.6) is 5.75 Å². The molecule has 0 bridgehead atoms. The first-order valence-corrected chi connectivity index (χ1v) is 4.56. The maximum Gasteiger partial charge on any atom is 0.270 e. The van der Waals surface area contributed by atoms with Gasteiger partial charge in [-0.25, -0.2) is 0 Å². The summed E-state index contributed by atoms with van der Waals surface area (Å²) < 4.78 is 0. The van der Waals surface area contributed by atoms with Gasteiger partial charge in [-0.3, -0.25) is 14.6 Å². The minimum absolute atomic E-state index is 0.112. The maximum atomic E-state index is 11.0. The third-order valence-electron chi connectivity index (χ3n) is 2.11. The number of aromatic hydroxyl groups is 1. The van der Waals surface area contributed by atoms with Crippen LogP contribution in [0.25, 0.3) is 0 Å². The molecule has 4 heteroatoms. The van der Waals surface area contributed by atoms with E-state index in [1.165, 1.54) is 0 Å². The number of aryl methyl sites for hydroxylation is 1. The summed E-state index contributed by atoms with van der Waals surface area (Å²) in [7, 11) is 0. The highest BCUT2D eigenvalue weighted by molar-refractivity contribution is 5.52. The van der Waals surface area contributed by atoms with Crippen molar-refractivity contribution in [2.24, 2.45) is 0 Å². The lowest BCUT2D eigenvalue weighted by molar-refractivity contribution is 0.461.